The van der Waals surface area contributed by atoms with Gasteiger partial charge in [0.05, 0.1) is 34.7 Å². The average Bonchev–Trinajstić information content (AvgIpc) is 3.40. The largest absolute Gasteiger partial charge is 0.379 e. The molecule has 2 aliphatic rings. The van der Waals surface area contributed by atoms with Gasteiger partial charge in [0.25, 0.3) is 5.91 Å². The van der Waals surface area contributed by atoms with Crippen molar-refractivity contribution in [1.82, 2.24) is 20.9 Å². The molecule has 0 radical (unpaired) electrons. The number of aromatic nitrogens is 1. The first-order chi connectivity index (χ1) is 13.6. The van der Waals surface area contributed by atoms with E-state index < -0.39 is 0 Å². The predicted octanol–water partition coefficient (Wildman–Crippen LogP) is 0.912. The van der Waals surface area contributed by atoms with Gasteiger partial charge in [0.2, 0.25) is 11.8 Å². The van der Waals surface area contributed by atoms with Gasteiger partial charge >= 0.3 is 0 Å². The van der Waals surface area contributed by atoms with Crippen LogP contribution in [0.2, 0.25) is 0 Å². The molecule has 0 spiro atoms. The van der Waals surface area contributed by atoms with Crippen molar-refractivity contribution in [3.8, 4) is 0 Å². The van der Waals surface area contributed by atoms with Gasteiger partial charge in [-0.1, -0.05) is 11.8 Å². The second kappa shape index (κ2) is 8.46. The number of fused-ring (bicyclic) bond motifs is 1. The van der Waals surface area contributed by atoms with Crippen LogP contribution in [0.15, 0.2) is 22.5 Å². The maximum atomic E-state index is 12.4. The van der Waals surface area contributed by atoms with Gasteiger partial charge in [-0.05, 0) is 24.6 Å². The summed E-state index contributed by atoms with van der Waals surface area (Å²) < 4.78 is 6.93. The van der Waals surface area contributed by atoms with E-state index >= 15 is 0 Å². The number of carbonyl (C=O) groups excluding carboxylic acids is 3. The van der Waals surface area contributed by atoms with Gasteiger partial charge in [-0.25, -0.2) is 4.98 Å². The lowest BCUT2D eigenvalue weighted by molar-refractivity contribution is -0.120. The topological polar surface area (TPSA) is 109 Å². The first-order valence-corrected chi connectivity index (χ1v) is 10.8. The molecule has 2 saturated heterocycles. The van der Waals surface area contributed by atoms with Crippen molar-refractivity contribution in [2.75, 3.05) is 25.5 Å². The Morgan fingerprint density at radius 3 is 2.96 bits per heavy atom. The zero-order chi connectivity index (χ0) is 19.5. The standard InChI is InChI=1S/C18H20N4O4S2/c23-15-6-12(7-19-15)21-17(25)10-1-2-13-14(5-10)28-18(22-13)27-9-16(24)20-11-3-4-26-8-11/h1-2,5,11-12H,3-4,6-9H2,(H,19,23)(H,20,24)(H,21,25)/t11-,12?/m1/s1. The highest BCUT2D eigenvalue weighted by Crippen LogP contribution is 2.30. The highest BCUT2D eigenvalue weighted by Gasteiger charge is 2.23. The average molecular weight is 421 g/mol. The molecule has 3 heterocycles. The number of hydrogen-bond acceptors (Lipinski definition) is 7. The molecule has 1 aromatic heterocycles. The van der Waals surface area contributed by atoms with Gasteiger partial charge < -0.3 is 20.7 Å². The molecule has 0 bridgehead atoms. The third kappa shape index (κ3) is 4.62. The zero-order valence-corrected chi connectivity index (χ0v) is 16.7. The molecule has 2 aliphatic heterocycles. The fourth-order valence-electron chi connectivity index (χ4n) is 3.13. The molecule has 1 aromatic carbocycles. The third-order valence-corrected chi connectivity index (χ3v) is 6.73. The van der Waals surface area contributed by atoms with Crippen LogP contribution in [0.3, 0.4) is 0 Å². The number of rotatable bonds is 6. The van der Waals surface area contributed by atoms with E-state index in [1.807, 2.05) is 0 Å². The zero-order valence-electron chi connectivity index (χ0n) is 15.0. The lowest BCUT2D eigenvalue weighted by Gasteiger charge is -2.10. The highest BCUT2D eigenvalue weighted by atomic mass is 32.2. The number of benzene rings is 1. The molecule has 28 heavy (non-hydrogen) atoms. The maximum absolute atomic E-state index is 12.4. The van der Waals surface area contributed by atoms with Gasteiger partial charge in [-0.3, -0.25) is 14.4 Å². The van der Waals surface area contributed by atoms with Gasteiger partial charge in [0.15, 0.2) is 4.34 Å². The summed E-state index contributed by atoms with van der Waals surface area (Å²) in [4.78, 5) is 40.2. The molecule has 2 fully saturated rings. The Kier molecular flexibility index (Phi) is 5.79. The van der Waals surface area contributed by atoms with Crippen molar-refractivity contribution in [3.05, 3.63) is 23.8 Å². The van der Waals surface area contributed by atoms with Crippen LogP contribution in [-0.4, -0.2) is 60.3 Å². The second-order valence-electron chi connectivity index (χ2n) is 6.76. The van der Waals surface area contributed by atoms with Gasteiger partial charge in [-0.2, -0.15) is 0 Å². The Morgan fingerprint density at radius 2 is 2.21 bits per heavy atom. The van der Waals surface area contributed by atoms with Crippen molar-refractivity contribution in [2.45, 2.75) is 29.3 Å². The Bertz CT molecular complexity index is 910. The van der Waals surface area contributed by atoms with E-state index in [0.29, 0.717) is 37.5 Å². The van der Waals surface area contributed by atoms with Crippen LogP contribution in [0, 0.1) is 0 Å². The fraction of sp³-hybridized carbons (Fsp3) is 0.444. The molecule has 2 aromatic rings. The van der Waals surface area contributed by atoms with E-state index in [-0.39, 0.29) is 29.8 Å². The normalized spacial score (nSPS) is 21.6. The quantitative estimate of drug-likeness (QED) is 0.600. The Labute approximate surface area is 169 Å². The monoisotopic (exact) mass is 420 g/mol. The number of hydrogen-bond donors (Lipinski definition) is 3. The number of thioether (sulfide) groups is 1. The van der Waals surface area contributed by atoms with E-state index in [1.165, 1.54) is 23.1 Å². The molecule has 4 rings (SSSR count). The number of thiazole rings is 1. The molecular formula is C18H20N4O4S2. The van der Waals surface area contributed by atoms with Crippen molar-refractivity contribution in [3.63, 3.8) is 0 Å². The van der Waals surface area contributed by atoms with Crippen molar-refractivity contribution in [1.29, 1.82) is 0 Å². The van der Waals surface area contributed by atoms with Crippen LogP contribution in [0.5, 0.6) is 0 Å². The lowest BCUT2D eigenvalue weighted by atomic mass is 10.1. The number of carbonyl (C=O) groups is 3. The number of nitrogens with zero attached hydrogens (tertiary/aromatic N) is 1. The van der Waals surface area contributed by atoms with Crippen molar-refractivity contribution >= 4 is 51.0 Å². The van der Waals surface area contributed by atoms with Crippen LogP contribution >= 0.6 is 23.1 Å². The Morgan fingerprint density at radius 1 is 1.32 bits per heavy atom. The van der Waals surface area contributed by atoms with E-state index in [4.69, 9.17) is 4.74 Å². The lowest BCUT2D eigenvalue weighted by Crippen LogP contribution is -2.36. The van der Waals surface area contributed by atoms with Gasteiger partial charge in [0.1, 0.15) is 0 Å². The minimum atomic E-state index is -0.204. The Hall–Kier alpha value is -2.17. The summed E-state index contributed by atoms with van der Waals surface area (Å²) >= 11 is 2.84. The van der Waals surface area contributed by atoms with Crippen LogP contribution in [0.25, 0.3) is 10.2 Å². The van der Waals surface area contributed by atoms with E-state index in [2.05, 4.69) is 20.9 Å². The molecule has 8 nitrogen and oxygen atoms in total. The SMILES string of the molecule is O=C1CC(NC(=O)c2ccc3nc(SCC(=O)N[C@@H]4CCOC4)sc3c2)CN1. The molecule has 3 amide bonds. The van der Waals surface area contributed by atoms with E-state index in [9.17, 15) is 14.4 Å². The minimum Gasteiger partial charge on any atom is -0.379 e. The smallest absolute Gasteiger partial charge is 0.251 e. The van der Waals surface area contributed by atoms with Crippen LogP contribution < -0.4 is 16.0 Å². The van der Waals surface area contributed by atoms with Crippen LogP contribution in [0.4, 0.5) is 0 Å². The molecule has 10 heteroatoms. The molecule has 148 valence electrons. The first kappa shape index (κ1) is 19.2. The number of nitrogens with one attached hydrogen (secondary N) is 3. The summed E-state index contributed by atoms with van der Waals surface area (Å²) in [6.07, 6.45) is 1.16. The summed E-state index contributed by atoms with van der Waals surface area (Å²) in [5.41, 5.74) is 1.33. The van der Waals surface area contributed by atoms with Crippen molar-refractivity contribution < 1.29 is 19.1 Å². The maximum Gasteiger partial charge on any atom is 0.251 e. The Balaban J connectivity index is 1.35. The minimum absolute atomic E-state index is 0.0282. The number of amides is 3. The van der Waals surface area contributed by atoms with Crippen molar-refractivity contribution in [2.24, 2.45) is 0 Å². The predicted molar refractivity (Wildman–Crippen MR) is 107 cm³/mol. The van der Waals surface area contributed by atoms with Crippen LogP contribution in [-0.2, 0) is 14.3 Å². The third-order valence-electron chi connectivity index (χ3n) is 4.57. The fourth-order valence-corrected chi connectivity index (χ4v) is 5.05. The molecule has 0 aliphatic carbocycles. The molecule has 3 N–H and O–H groups in total. The molecule has 2 atom stereocenters. The van der Waals surface area contributed by atoms with E-state index in [1.54, 1.807) is 18.2 Å². The summed E-state index contributed by atoms with van der Waals surface area (Å²) in [6, 6.07) is 5.26. The van der Waals surface area contributed by atoms with E-state index in [0.717, 1.165) is 21.0 Å². The highest BCUT2D eigenvalue weighted by molar-refractivity contribution is 8.01. The second-order valence-corrected chi connectivity index (χ2v) is 9.01. The summed E-state index contributed by atoms with van der Waals surface area (Å²) in [5.74, 6) is 0.0184. The van der Waals surface area contributed by atoms with Crippen LogP contribution in [0.1, 0.15) is 23.2 Å². The number of ether oxygens (including phenoxy) is 1. The summed E-state index contributed by atoms with van der Waals surface area (Å²) in [6.45, 7) is 1.73. The summed E-state index contributed by atoms with van der Waals surface area (Å²) in [7, 11) is 0. The molecule has 1 unspecified atom stereocenters. The van der Waals surface area contributed by atoms with Gasteiger partial charge in [-0.15, -0.1) is 11.3 Å². The molecule has 0 saturated carbocycles. The first-order valence-electron chi connectivity index (χ1n) is 9.05. The van der Waals surface area contributed by atoms with Gasteiger partial charge in [0, 0.05) is 25.1 Å². The summed E-state index contributed by atoms with van der Waals surface area (Å²) in [5, 5.41) is 8.52. The molecular weight excluding hydrogens is 400 g/mol.